The number of aryl methyl sites for hydroxylation is 1. The molecule has 1 aliphatic carbocycles. The SMILES string of the molecule is O=NC1CCc2cc(-c3cc(C4CCNCC4)oc3-c3ccncc3)ccc21. The lowest BCUT2D eigenvalue weighted by Gasteiger charge is -2.20. The van der Waals surface area contributed by atoms with E-state index in [0.717, 1.165) is 72.5 Å². The van der Waals surface area contributed by atoms with Gasteiger partial charge in [-0.15, -0.1) is 0 Å². The number of piperidine rings is 1. The van der Waals surface area contributed by atoms with E-state index in [0.29, 0.717) is 5.92 Å². The average molecular weight is 373 g/mol. The van der Waals surface area contributed by atoms with Crippen LogP contribution in [0.3, 0.4) is 0 Å². The number of hydrogen-bond donors (Lipinski definition) is 1. The topological polar surface area (TPSA) is 67.5 Å². The Balaban J connectivity index is 1.60. The van der Waals surface area contributed by atoms with Crippen molar-refractivity contribution in [2.45, 2.75) is 37.6 Å². The monoisotopic (exact) mass is 373 g/mol. The maximum Gasteiger partial charge on any atom is 0.142 e. The largest absolute Gasteiger partial charge is 0.460 e. The number of benzene rings is 1. The number of fused-ring (bicyclic) bond motifs is 1. The number of aromatic nitrogens is 1. The fourth-order valence-corrected chi connectivity index (χ4v) is 4.52. The Bertz CT molecular complexity index is 990. The van der Waals surface area contributed by atoms with E-state index < -0.39 is 0 Å². The summed E-state index contributed by atoms with van der Waals surface area (Å²) in [5, 5.41) is 6.70. The van der Waals surface area contributed by atoms with Gasteiger partial charge in [0.05, 0.1) is 0 Å². The lowest BCUT2D eigenvalue weighted by atomic mass is 9.93. The van der Waals surface area contributed by atoms with Crippen LogP contribution in [0.2, 0.25) is 0 Å². The van der Waals surface area contributed by atoms with Crippen LogP contribution in [-0.2, 0) is 6.42 Å². The molecule has 5 nitrogen and oxygen atoms in total. The molecule has 1 atom stereocenters. The first kappa shape index (κ1) is 17.3. The first-order valence-electron chi connectivity index (χ1n) is 10.0. The van der Waals surface area contributed by atoms with Gasteiger partial charge in [0.2, 0.25) is 0 Å². The zero-order chi connectivity index (χ0) is 18.9. The summed E-state index contributed by atoms with van der Waals surface area (Å²) >= 11 is 0. The molecule has 0 spiro atoms. The molecule has 142 valence electrons. The third kappa shape index (κ3) is 3.06. The standard InChI is InChI=1S/C23H23N3O2/c27-26-21-4-2-17-13-18(1-3-19(17)21)20-14-22(15-5-9-24-10-6-15)28-23(20)16-7-11-25-12-8-16/h1,3,7-8,11-15,21,24H,2,4-6,9-10H2. The minimum atomic E-state index is -0.196. The summed E-state index contributed by atoms with van der Waals surface area (Å²) in [6.45, 7) is 2.06. The van der Waals surface area contributed by atoms with Crippen molar-refractivity contribution in [3.05, 3.63) is 70.6 Å². The van der Waals surface area contributed by atoms with E-state index in [4.69, 9.17) is 4.42 Å². The second kappa shape index (κ2) is 7.32. The summed E-state index contributed by atoms with van der Waals surface area (Å²) in [6.07, 6.45) is 7.51. The van der Waals surface area contributed by atoms with E-state index >= 15 is 0 Å². The number of furan rings is 1. The molecule has 3 aromatic rings. The van der Waals surface area contributed by atoms with Crippen molar-refractivity contribution < 1.29 is 4.42 Å². The Hall–Kier alpha value is -2.79. The first-order chi connectivity index (χ1) is 13.8. The molecule has 0 radical (unpaired) electrons. The van der Waals surface area contributed by atoms with Crippen molar-refractivity contribution in [2.75, 3.05) is 13.1 Å². The Morgan fingerprint density at radius 3 is 2.61 bits per heavy atom. The Kier molecular flexibility index (Phi) is 4.53. The highest BCUT2D eigenvalue weighted by molar-refractivity contribution is 5.81. The summed E-state index contributed by atoms with van der Waals surface area (Å²) in [6, 6.07) is 12.4. The third-order valence-corrected chi connectivity index (χ3v) is 6.06. The number of hydrogen-bond acceptors (Lipinski definition) is 5. The van der Waals surface area contributed by atoms with E-state index in [9.17, 15) is 4.91 Å². The van der Waals surface area contributed by atoms with Crippen molar-refractivity contribution in [2.24, 2.45) is 5.18 Å². The first-order valence-corrected chi connectivity index (χ1v) is 10.0. The van der Waals surface area contributed by atoms with Gasteiger partial charge in [-0.25, -0.2) is 0 Å². The van der Waals surface area contributed by atoms with E-state index in [2.05, 4.69) is 39.7 Å². The number of pyridine rings is 1. The smallest absolute Gasteiger partial charge is 0.142 e. The minimum absolute atomic E-state index is 0.196. The molecule has 28 heavy (non-hydrogen) atoms. The van der Waals surface area contributed by atoms with Gasteiger partial charge < -0.3 is 9.73 Å². The third-order valence-electron chi connectivity index (χ3n) is 6.06. The van der Waals surface area contributed by atoms with Crippen LogP contribution in [0.25, 0.3) is 22.5 Å². The van der Waals surface area contributed by atoms with Gasteiger partial charge in [0.25, 0.3) is 0 Å². The number of nitrogens with zero attached hydrogens (tertiary/aromatic N) is 2. The van der Waals surface area contributed by atoms with Gasteiger partial charge >= 0.3 is 0 Å². The van der Waals surface area contributed by atoms with E-state index in [1.54, 1.807) is 12.4 Å². The molecule has 0 saturated carbocycles. The maximum atomic E-state index is 11.1. The molecule has 1 N–H and O–H groups in total. The number of rotatable bonds is 4. The van der Waals surface area contributed by atoms with Gasteiger partial charge in [-0.2, -0.15) is 4.91 Å². The maximum absolute atomic E-state index is 11.1. The molecule has 1 unspecified atom stereocenters. The van der Waals surface area contributed by atoms with Gasteiger partial charge in [0.1, 0.15) is 17.6 Å². The van der Waals surface area contributed by atoms with Crippen LogP contribution in [-0.4, -0.2) is 18.1 Å². The van der Waals surface area contributed by atoms with Crippen LogP contribution in [0.15, 0.2) is 58.4 Å². The minimum Gasteiger partial charge on any atom is -0.460 e. The van der Waals surface area contributed by atoms with Gasteiger partial charge in [0, 0.05) is 29.4 Å². The Morgan fingerprint density at radius 2 is 1.82 bits per heavy atom. The van der Waals surface area contributed by atoms with Gasteiger partial charge in [-0.1, -0.05) is 23.4 Å². The van der Waals surface area contributed by atoms with Crippen LogP contribution in [0.1, 0.15) is 48.1 Å². The van der Waals surface area contributed by atoms with Crippen molar-refractivity contribution in [1.82, 2.24) is 10.3 Å². The lowest BCUT2D eigenvalue weighted by Crippen LogP contribution is -2.26. The zero-order valence-corrected chi connectivity index (χ0v) is 15.7. The normalized spacial score (nSPS) is 19.5. The number of nitrogens with one attached hydrogen (secondary N) is 1. The van der Waals surface area contributed by atoms with Crippen molar-refractivity contribution >= 4 is 0 Å². The predicted molar refractivity (Wildman–Crippen MR) is 109 cm³/mol. The molecule has 0 amide bonds. The van der Waals surface area contributed by atoms with Gasteiger partial charge in [0.15, 0.2) is 0 Å². The molecule has 2 aromatic heterocycles. The van der Waals surface area contributed by atoms with Crippen molar-refractivity contribution in [1.29, 1.82) is 0 Å². The molecule has 0 bridgehead atoms. The molecular weight excluding hydrogens is 350 g/mol. The van der Waals surface area contributed by atoms with E-state index in [-0.39, 0.29) is 6.04 Å². The highest BCUT2D eigenvalue weighted by Crippen LogP contribution is 2.42. The molecule has 1 saturated heterocycles. The second-order valence-electron chi connectivity index (χ2n) is 7.73. The molecule has 3 heterocycles. The summed E-state index contributed by atoms with van der Waals surface area (Å²) in [5.41, 5.74) is 5.60. The summed E-state index contributed by atoms with van der Waals surface area (Å²) in [5.74, 6) is 2.42. The molecule has 1 aliphatic heterocycles. The fourth-order valence-electron chi connectivity index (χ4n) is 4.52. The highest BCUT2D eigenvalue weighted by atomic mass is 16.3. The van der Waals surface area contributed by atoms with Crippen LogP contribution >= 0.6 is 0 Å². The zero-order valence-electron chi connectivity index (χ0n) is 15.7. The second-order valence-corrected chi connectivity index (χ2v) is 7.73. The summed E-state index contributed by atoms with van der Waals surface area (Å²) < 4.78 is 6.43. The Morgan fingerprint density at radius 1 is 1.00 bits per heavy atom. The molecule has 1 aromatic carbocycles. The van der Waals surface area contributed by atoms with Crippen LogP contribution in [0, 0.1) is 4.91 Å². The highest BCUT2D eigenvalue weighted by Gasteiger charge is 2.26. The molecule has 2 aliphatic rings. The molecule has 1 fully saturated rings. The Labute approximate surface area is 164 Å². The number of nitroso groups, excluding NO2 is 1. The quantitative estimate of drug-likeness (QED) is 0.636. The fraction of sp³-hybridized carbons (Fsp3) is 0.348. The molecule has 5 rings (SSSR count). The van der Waals surface area contributed by atoms with Gasteiger partial charge in [-0.05, 0) is 73.7 Å². The predicted octanol–water partition coefficient (Wildman–Crippen LogP) is 5.23. The van der Waals surface area contributed by atoms with E-state index in [1.807, 2.05) is 12.1 Å². The van der Waals surface area contributed by atoms with Crippen molar-refractivity contribution in [3.63, 3.8) is 0 Å². The summed E-state index contributed by atoms with van der Waals surface area (Å²) in [4.78, 5) is 15.2. The summed E-state index contributed by atoms with van der Waals surface area (Å²) in [7, 11) is 0. The lowest BCUT2D eigenvalue weighted by molar-refractivity contribution is 0.390. The van der Waals surface area contributed by atoms with Crippen LogP contribution < -0.4 is 5.32 Å². The van der Waals surface area contributed by atoms with Gasteiger partial charge in [-0.3, -0.25) is 4.98 Å². The molecular formula is C23H23N3O2. The molecule has 5 heteroatoms. The average Bonchev–Trinajstić information content (AvgIpc) is 3.39. The van der Waals surface area contributed by atoms with Crippen LogP contribution in [0.4, 0.5) is 0 Å². The van der Waals surface area contributed by atoms with E-state index in [1.165, 1.54) is 5.56 Å². The van der Waals surface area contributed by atoms with Crippen LogP contribution in [0.5, 0.6) is 0 Å². The van der Waals surface area contributed by atoms with Crippen molar-refractivity contribution in [3.8, 4) is 22.5 Å².